The Labute approximate surface area is 241 Å². The van der Waals surface area contributed by atoms with Crippen molar-refractivity contribution in [3.05, 3.63) is 70.2 Å². The van der Waals surface area contributed by atoms with Gasteiger partial charge >= 0.3 is 0 Å². The Morgan fingerprint density at radius 3 is 2.26 bits per heavy atom. The average Bonchev–Trinajstić information content (AvgIpc) is 3.37. The quantitative estimate of drug-likeness (QED) is 0.267. The number of benzene rings is 3. The second-order valence-electron chi connectivity index (χ2n) is 8.44. The van der Waals surface area contributed by atoms with Crippen LogP contribution in [0.1, 0.15) is 11.1 Å². The van der Waals surface area contributed by atoms with Gasteiger partial charge in [0.1, 0.15) is 10.1 Å². The molecule has 0 fully saturated rings. The minimum absolute atomic E-state index is 0.0994. The lowest BCUT2D eigenvalue weighted by Gasteiger charge is -2.26. The topological polar surface area (TPSA) is 60.5 Å². The van der Waals surface area contributed by atoms with Crippen LogP contribution >= 0.6 is 39.9 Å². The molecule has 7 nitrogen and oxygen atoms in total. The van der Waals surface area contributed by atoms with Gasteiger partial charge in [-0.05, 0) is 47.9 Å². The Kier molecular flexibility index (Phi) is 9.40. The van der Waals surface area contributed by atoms with Crippen molar-refractivity contribution in [2.24, 2.45) is 0 Å². The molecule has 0 spiro atoms. The van der Waals surface area contributed by atoms with E-state index in [4.69, 9.17) is 31.2 Å². The summed E-state index contributed by atoms with van der Waals surface area (Å²) in [7, 11) is 6.28. The number of hydrogen-bond donors (Lipinski definition) is 0. The molecule has 1 amide bonds. The van der Waals surface area contributed by atoms with Crippen LogP contribution in [-0.2, 0) is 17.8 Å². The van der Waals surface area contributed by atoms with Crippen molar-refractivity contribution >= 4 is 61.5 Å². The molecule has 1 aliphatic heterocycles. The number of hydrogen-bond acceptors (Lipinski definition) is 7. The lowest BCUT2D eigenvalue weighted by molar-refractivity contribution is -0.116. The SMILES string of the molecule is COc1ccc(CN(C(=O)CSC(=S)N2CCc3cc(Br)ccc32)c2cc(OC)c(OC)c(OC)c2)cc1. The van der Waals surface area contributed by atoms with E-state index in [9.17, 15) is 4.79 Å². The standard InChI is InChI=1S/C28H29BrN2O5S2/c1-33-22-8-5-18(6-9-22)16-31(21-14-24(34-2)27(36-4)25(15-21)35-3)26(32)17-38-28(37)30-12-11-19-13-20(29)7-10-23(19)30/h5-10,13-15H,11-12,16-17H2,1-4H3. The Morgan fingerprint density at radius 2 is 1.66 bits per heavy atom. The molecule has 4 rings (SSSR count). The van der Waals surface area contributed by atoms with Gasteiger partial charge in [0.15, 0.2) is 11.5 Å². The smallest absolute Gasteiger partial charge is 0.237 e. The summed E-state index contributed by atoms with van der Waals surface area (Å²) in [6.07, 6.45) is 0.915. The van der Waals surface area contributed by atoms with Crippen molar-refractivity contribution in [1.29, 1.82) is 0 Å². The van der Waals surface area contributed by atoms with Crippen molar-refractivity contribution in [3.63, 3.8) is 0 Å². The first kappa shape index (κ1) is 28.1. The molecule has 1 aliphatic rings. The van der Waals surface area contributed by atoms with Crippen molar-refractivity contribution in [1.82, 2.24) is 0 Å². The molecule has 0 aromatic heterocycles. The third kappa shape index (κ3) is 6.19. The number of amides is 1. The summed E-state index contributed by atoms with van der Waals surface area (Å²) < 4.78 is 23.6. The van der Waals surface area contributed by atoms with Crippen LogP contribution < -0.4 is 28.7 Å². The van der Waals surface area contributed by atoms with Crippen LogP contribution in [0.3, 0.4) is 0 Å². The number of carbonyl (C=O) groups excluding carboxylic acids is 1. The number of nitrogens with zero attached hydrogens (tertiary/aromatic N) is 2. The zero-order valence-corrected chi connectivity index (χ0v) is 24.9. The number of rotatable bonds is 9. The first-order valence-electron chi connectivity index (χ1n) is 11.8. The highest BCUT2D eigenvalue weighted by Crippen LogP contribution is 2.41. The minimum atomic E-state index is -0.0994. The van der Waals surface area contributed by atoms with Crippen molar-refractivity contribution < 1.29 is 23.7 Å². The summed E-state index contributed by atoms with van der Waals surface area (Å²) in [5.41, 5.74) is 3.91. The van der Waals surface area contributed by atoms with Crippen LogP contribution in [0.4, 0.5) is 11.4 Å². The lowest BCUT2D eigenvalue weighted by atomic mass is 10.1. The molecule has 1 heterocycles. The maximum absolute atomic E-state index is 13.7. The van der Waals surface area contributed by atoms with Gasteiger partial charge in [0.05, 0.1) is 46.4 Å². The fourth-order valence-corrected chi connectivity index (χ4v) is 5.82. The number of anilines is 2. The highest BCUT2D eigenvalue weighted by Gasteiger charge is 2.26. The van der Waals surface area contributed by atoms with Crippen molar-refractivity contribution in [2.45, 2.75) is 13.0 Å². The number of carbonyl (C=O) groups is 1. The minimum Gasteiger partial charge on any atom is -0.497 e. The summed E-state index contributed by atoms with van der Waals surface area (Å²) in [4.78, 5) is 17.5. The highest BCUT2D eigenvalue weighted by molar-refractivity contribution is 9.10. The van der Waals surface area contributed by atoms with Gasteiger partial charge in [-0.25, -0.2) is 0 Å². The lowest BCUT2D eigenvalue weighted by Crippen LogP contribution is -2.33. The van der Waals surface area contributed by atoms with E-state index >= 15 is 0 Å². The average molecular weight is 618 g/mol. The second kappa shape index (κ2) is 12.7. The molecule has 0 saturated heterocycles. The molecular weight excluding hydrogens is 588 g/mol. The van der Waals surface area contributed by atoms with Crippen molar-refractivity contribution in [3.8, 4) is 23.0 Å². The van der Waals surface area contributed by atoms with Gasteiger partial charge in [-0.2, -0.15) is 0 Å². The third-order valence-corrected chi connectivity index (χ3v) is 8.16. The van der Waals surface area contributed by atoms with E-state index in [0.717, 1.165) is 34.4 Å². The number of thiocarbonyl (C=S) groups is 1. The molecular formula is C28H29BrN2O5S2. The zero-order chi connectivity index (χ0) is 27.2. The molecule has 0 unspecified atom stereocenters. The van der Waals surface area contributed by atoms with E-state index in [-0.39, 0.29) is 11.7 Å². The van der Waals surface area contributed by atoms with E-state index in [1.165, 1.54) is 17.3 Å². The van der Waals surface area contributed by atoms with Crippen LogP contribution in [0.2, 0.25) is 0 Å². The summed E-state index contributed by atoms with van der Waals surface area (Å²) in [6, 6.07) is 17.4. The van der Waals surface area contributed by atoms with E-state index in [1.807, 2.05) is 30.3 Å². The number of fused-ring (bicyclic) bond motifs is 1. The molecule has 0 N–H and O–H groups in total. The van der Waals surface area contributed by atoms with E-state index in [0.29, 0.717) is 33.8 Å². The van der Waals surface area contributed by atoms with Crippen LogP contribution in [0, 0.1) is 0 Å². The van der Waals surface area contributed by atoms with Gasteiger partial charge in [0.2, 0.25) is 11.7 Å². The van der Waals surface area contributed by atoms with Crippen LogP contribution in [0.25, 0.3) is 0 Å². The molecule has 0 saturated carbocycles. The van der Waals surface area contributed by atoms with Gasteiger partial charge in [-0.15, -0.1) is 0 Å². The van der Waals surface area contributed by atoms with Crippen molar-refractivity contribution in [2.75, 3.05) is 50.5 Å². The van der Waals surface area contributed by atoms with Gasteiger partial charge < -0.3 is 28.7 Å². The normalized spacial score (nSPS) is 12.1. The Morgan fingerprint density at radius 1 is 0.974 bits per heavy atom. The van der Waals surface area contributed by atoms with Gasteiger partial charge in [0.25, 0.3) is 0 Å². The fourth-order valence-electron chi connectivity index (χ4n) is 4.30. The van der Waals surface area contributed by atoms with Crippen LogP contribution in [0.15, 0.2) is 59.1 Å². The Bertz CT molecular complexity index is 1290. The molecule has 0 bridgehead atoms. The molecule has 0 atom stereocenters. The largest absolute Gasteiger partial charge is 0.497 e. The fraction of sp³-hybridized carbons (Fsp3) is 0.286. The maximum Gasteiger partial charge on any atom is 0.237 e. The first-order chi connectivity index (χ1) is 18.4. The maximum atomic E-state index is 13.7. The van der Waals surface area contributed by atoms with Crippen LogP contribution in [0.5, 0.6) is 23.0 Å². The zero-order valence-electron chi connectivity index (χ0n) is 21.7. The molecule has 10 heteroatoms. The van der Waals surface area contributed by atoms with Gasteiger partial charge in [-0.3, -0.25) is 4.79 Å². The van der Waals surface area contributed by atoms with E-state index < -0.39 is 0 Å². The second-order valence-corrected chi connectivity index (χ2v) is 11.0. The third-order valence-electron chi connectivity index (χ3n) is 6.24. The predicted octanol–water partition coefficient (Wildman–Crippen LogP) is 6.10. The van der Waals surface area contributed by atoms with E-state index in [1.54, 1.807) is 45.5 Å². The molecule has 0 aliphatic carbocycles. The summed E-state index contributed by atoms with van der Waals surface area (Å²) in [5, 5.41) is 0. The first-order valence-corrected chi connectivity index (χ1v) is 14.0. The Balaban J connectivity index is 1.58. The van der Waals surface area contributed by atoms with Gasteiger partial charge in [0, 0.05) is 28.8 Å². The monoisotopic (exact) mass is 616 g/mol. The molecule has 0 radical (unpaired) electrons. The number of halogens is 1. The number of methoxy groups -OCH3 is 4. The molecule has 3 aromatic carbocycles. The molecule has 3 aromatic rings. The summed E-state index contributed by atoms with van der Waals surface area (Å²) in [6.45, 7) is 1.14. The van der Waals surface area contributed by atoms with Gasteiger partial charge in [-0.1, -0.05) is 52.0 Å². The summed E-state index contributed by atoms with van der Waals surface area (Å²) >= 11 is 10.6. The van der Waals surface area contributed by atoms with E-state index in [2.05, 4.69) is 33.0 Å². The van der Waals surface area contributed by atoms with Crippen LogP contribution in [-0.4, -0.2) is 51.0 Å². The molecule has 200 valence electrons. The highest BCUT2D eigenvalue weighted by atomic mass is 79.9. The number of thioether (sulfide) groups is 1. The summed E-state index contributed by atoms with van der Waals surface area (Å²) in [5.74, 6) is 2.23. The predicted molar refractivity (Wildman–Crippen MR) is 161 cm³/mol. The Hall–Kier alpha value is -2.95. The molecule has 38 heavy (non-hydrogen) atoms. The number of ether oxygens (including phenoxy) is 4.